The zero-order valence-corrected chi connectivity index (χ0v) is 35.0. The van der Waals surface area contributed by atoms with Gasteiger partial charge in [-0.05, 0) is 13.3 Å². The van der Waals surface area contributed by atoms with Gasteiger partial charge in [-0.3, -0.25) is 4.79 Å². The van der Waals surface area contributed by atoms with E-state index in [0.29, 0.717) is 131 Å². The van der Waals surface area contributed by atoms with Crippen LogP contribution in [0.15, 0.2) is 12.2 Å². The Bertz CT molecular complexity index is 814. The van der Waals surface area contributed by atoms with Gasteiger partial charge in [0.15, 0.2) is 0 Å². The number of rotatable bonds is 47. The Balaban J connectivity index is 3.15. The van der Waals surface area contributed by atoms with E-state index in [1.807, 2.05) is 0 Å². The quantitative estimate of drug-likeness (QED) is 0.0354. The lowest BCUT2D eigenvalue weighted by Crippen LogP contribution is -2.16. The van der Waals surface area contributed by atoms with E-state index in [1.54, 1.807) is 6.92 Å². The van der Waals surface area contributed by atoms with Crippen molar-refractivity contribution in [2.24, 2.45) is 0 Å². The molecule has 0 aromatic carbocycles. The monoisotopic (exact) mass is 793 g/mol. The molecule has 0 aliphatic rings. The summed E-state index contributed by atoms with van der Waals surface area (Å²) in [6.45, 7) is 16.1. The molecule has 0 heterocycles. The molecule has 0 saturated heterocycles. The molecule has 326 valence electrons. The minimum absolute atomic E-state index is 0.134. The SMILES string of the molecule is C=C(C)C(=O)OCCOCCOCCOCCOCCOCCOCCOCCOCCOCCOC(=O)CCCCCCCCCCCCCCCCC. The lowest BCUT2D eigenvalue weighted by molar-refractivity contribution is -0.145. The molecule has 0 fully saturated rings. The molecule has 0 aromatic rings. The van der Waals surface area contributed by atoms with Crippen molar-refractivity contribution < 1.29 is 61.7 Å². The molecule has 55 heavy (non-hydrogen) atoms. The van der Waals surface area contributed by atoms with Crippen molar-refractivity contribution in [1.29, 1.82) is 0 Å². The molecule has 0 radical (unpaired) electrons. The van der Waals surface area contributed by atoms with Gasteiger partial charge >= 0.3 is 11.9 Å². The normalized spacial score (nSPS) is 11.3. The summed E-state index contributed by atoms with van der Waals surface area (Å²) >= 11 is 0. The van der Waals surface area contributed by atoms with Crippen LogP contribution in [0.5, 0.6) is 0 Å². The van der Waals surface area contributed by atoms with Crippen molar-refractivity contribution in [3.05, 3.63) is 12.2 Å². The highest BCUT2D eigenvalue weighted by atomic mass is 16.6. The molecular weight excluding hydrogens is 712 g/mol. The number of esters is 2. The Labute approximate surface area is 334 Å². The smallest absolute Gasteiger partial charge is 0.333 e. The van der Waals surface area contributed by atoms with Crippen molar-refractivity contribution in [3.63, 3.8) is 0 Å². The van der Waals surface area contributed by atoms with E-state index < -0.39 is 5.97 Å². The molecular formula is C42H80O13. The summed E-state index contributed by atoms with van der Waals surface area (Å²) < 4.78 is 59.3. The fraction of sp³-hybridized carbons (Fsp3) is 0.905. The summed E-state index contributed by atoms with van der Waals surface area (Å²) in [5.41, 5.74) is 0.369. The standard InChI is InChI=1S/C42H80O13/c1-4-5-6-7-8-9-10-11-12-13-14-15-16-17-18-19-41(43)54-38-36-52-34-32-50-30-28-48-26-24-46-22-20-45-21-23-47-25-27-49-29-31-51-33-35-53-37-39-55-42(44)40(2)3/h2,4-39H2,1,3H3. The van der Waals surface area contributed by atoms with E-state index in [-0.39, 0.29) is 19.2 Å². The van der Waals surface area contributed by atoms with Crippen LogP contribution < -0.4 is 0 Å². The summed E-state index contributed by atoms with van der Waals surface area (Å²) in [4.78, 5) is 23.1. The van der Waals surface area contributed by atoms with Crippen LogP contribution in [0.3, 0.4) is 0 Å². The lowest BCUT2D eigenvalue weighted by Gasteiger charge is -2.09. The highest BCUT2D eigenvalue weighted by Crippen LogP contribution is 2.14. The minimum atomic E-state index is -0.414. The van der Waals surface area contributed by atoms with Gasteiger partial charge in [-0.25, -0.2) is 4.79 Å². The van der Waals surface area contributed by atoms with E-state index >= 15 is 0 Å². The van der Waals surface area contributed by atoms with Gasteiger partial charge in [0.1, 0.15) is 13.2 Å². The van der Waals surface area contributed by atoms with Crippen LogP contribution in [0.2, 0.25) is 0 Å². The Morgan fingerprint density at radius 3 is 0.855 bits per heavy atom. The van der Waals surface area contributed by atoms with Gasteiger partial charge in [-0.2, -0.15) is 0 Å². The predicted molar refractivity (Wildman–Crippen MR) is 214 cm³/mol. The number of carbonyl (C=O) groups excluding carboxylic acids is 2. The Morgan fingerprint density at radius 2 is 0.582 bits per heavy atom. The third kappa shape index (κ3) is 46.6. The second-order valence-corrected chi connectivity index (χ2v) is 13.3. The van der Waals surface area contributed by atoms with Crippen LogP contribution in [-0.4, -0.2) is 144 Å². The number of ether oxygens (including phenoxy) is 11. The van der Waals surface area contributed by atoms with Crippen LogP contribution in [0.4, 0.5) is 0 Å². The maximum atomic E-state index is 11.9. The van der Waals surface area contributed by atoms with Crippen LogP contribution in [-0.2, 0) is 61.7 Å². The fourth-order valence-electron chi connectivity index (χ4n) is 5.11. The van der Waals surface area contributed by atoms with Gasteiger partial charge in [0.2, 0.25) is 0 Å². The zero-order chi connectivity index (χ0) is 40.0. The second-order valence-electron chi connectivity index (χ2n) is 13.3. The average molecular weight is 793 g/mol. The molecule has 0 rings (SSSR count). The van der Waals surface area contributed by atoms with E-state index in [4.69, 9.17) is 52.1 Å². The molecule has 13 heteroatoms. The van der Waals surface area contributed by atoms with Gasteiger partial charge in [-0.1, -0.05) is 103 Å². The van der Waals surface area contributed by atoms with Crippen molar-refractivity contribution in [1.82, 2.24) is 0 Å². The van der Waals surface area contributed by atoms with Crippen molar-refractivity contribution in [3.8, 4) is 0 Å². The maximum Gasteiger partial charge on any atom is 0.333 e. The zero-order valence-electron chi connectivity index (χ0n) is 35.0. The summed E-state index contributed by atoms with van der Waals surface area (Å²) in [5.74, 6) is -0.548. The highest BCUT2D eigenvalue weighted by Gasteiger charge is 2.04. The van der Waals surface area contributed by atoms with Crippen molar-refractivity contribution in [2.75, 3.05) is 132 Å². The summed E-state index contributed by atoms with van der Waals surface area (Å²) in [6.07, 6.45) is 20.2. The third-order valence-corrected chi connectivity index (χ3v) is 8.26. The maximum absolute atomic E-state index is 11.9. The van der Waals surface area contributed by atoms with Gasteiger partial charge in [0, 0.05) is 12.0 Å². The third-order valence-electron chi connectivity index (χ3n) is 8.26. The molecule has 13 nitrogen and oxygen atoms in total. The molecule has 0 aliphatic carbocycles. The van der Waals surface area contributed by atoms with Crippen LogP contribution in [0.25, 0.3) is 0 Å². The van der Waals surface area contributed by atoms with E-state index in [1.165, 1.54) is 83.5 Å². The van der Waals surface area contributed by atoms with Gasteiger partial charge in [0.25, 0.3) is 0 Å². The average Bonchev–Trinajstić information content (AvgIpc) is 3.18. The van der Waals surface area contributed by atoms with E-state index in [2.05, 4.69) is 13.5 Å². The fourth-order valence-corrected chi connectivity index (χ4v) is 5.11. The van der Waals surface area contributed by atoms with Crippen molar-refractivity contribution >= 4 is 11.9 Å². The van der Waals surface area contributed by atoms with E-state index in [9.17, 15) is 9.59 Å². The number of hydrogen-bond donors (Lipinski definition) is 0. The first-order chi connectivity index (χ1) is 27.1. The number of hydrogen-bond acceptors (Lipinski definition) is 13. The second kappa shape index (κ2) is 46.7. The van der Waals surface area contributed by atoms with Gasteiger partial charge in [0.05, 0.1) is 119 Å². The molecule has 0 atom stereocenters. The molecule has 0 aliphatic heterocycles. The Morgan fingerprint density at radius 1 is 0.345 bits per heavy atom. The molecule has 0 saturated carbocycles. The lowest BCUT2D eigenvalue weighted by atomic mass is 10.0. The van der Waals surface area contributed by atoms with Crippen LogP contribution in [0.1, 0.15) is 117 Å². The van der Waals surface area contributed by atoms with Crippen molar-refractivity contribution in [2.45, 2.75) is 117 Å². The molecule has 0 amide bonds. The Kier molecular flexibility index (Phi) is 45.3. The first kappa shape index (κ1) is 53.3. The summed E-state index contributed by atoms with van der Waals surface area (Å²) in [7, 11) is 0. The van der Waals surface area contributed by atoms with Gasteiger partial charge in [-0.15, -0.1) is 0 Å². The number of unbranched alkanes of at least 4 members (excludes halogenated alkanes) is 14. The molecule has 0 N–H and O–H groups in total. The van der Waals surface area contributed by atoms with Gasteiger partial charge < -0.3 is 52.1 Å². The van der Waals surface area contributed by atoms with Crippen LogP contribution >= 0.6 is 0 Å². The van der Waals surface area contributed by atoms with E-state index in [0.717, 1.165) is 12.8 Å². The summed E-state index contributed by atoms with van der Waals surface area (Å²) in [6, 6.07) is 0. The molecule has 0 aromatic heterocycles. The molecule has 0 unspecified atom stereocenters. The minimum Gasteiger partial charge on any atom is -0.463 e. The first-order valence-corrected chi connectivity index (χ1v) is 21.3. The predicted octanol–water partition coefficient (Wildman–Crippen LogP) is 7.06. The van der Waals surface area contributed by atoms with Crippen LogP contribution in [0, 0.1) is 0 Å². The first-order valence-electron chi connectivity index (χ1n) is 21.3. The molecule has 0 bridgehead atoms. The Hall–Kier alpha value is -1.68. The molecule has 0 spiro atoms. The summed E-state index contributed by atoms with van der Waals surface area (Å²) in [5, 5.41) is 0. The highest BCUT2D eigenvalue weighted by molar-refractivity contribution is 5.86. The topological polar surface area (TPSA) is 136 Å². The largest absolute Gasteiger partial charge is 0.463 e. The number of carbonyl (C=O) groups is 2.